The molecule has 0 spiro atoms. The second kappa shape index (κ2) is 8.82. The summed E-state index contributed by atoms with van der Waals surface area (Å²) in [6.07, 6.45) is 5.46. The van der Waals surface area contributed by atoms with E-state index in [9.17, 15) is 14.3 Å². The van der Waals surface area contributed by atoms with E-state index in [2.05, 4.69) is 31.8 Å². The fourth-order valence-corrected chi connectivity index (χ4v) is 4.90. The summed E-state index contributed by atoms with van der Waals surface area (Å²) in [5.74, 6) is 5.09. The number of rotatable bonds is 5. The van der Waals surface area contributed by atoms with E-state index in [4.69, 9.17) is 4.74 Å². The molecule has 2 atom stereocenters. The summed E-state index contributed by atoms with van der Waals surface area (Å²) in [7, 11) is 0. The Hall–Kier alpha value is -3.06. The Morgan fingerprint density at radius 1 is 1.28 bits per heavy atom. The monoisotopic (exact) mass is 432 g/mol. The summed E-state index contributed by atoms with van der Waals surface area (Å²) < 4.78 is 21.0. The maximum absolute atomic E-state index is 14.8. The molecule has 3 nitrogen and oxygen atoms in total. The van der Waals surface area contributed by atoms with E-state index < -0.39 is 5.97 Å². The molecule has 0 fully saturated rings. The van der Waals surface area contributed by atoms with Gasteiger partial charge in [-0.2, -0.15) is 0 Å². The molecule has 4 heteroatoms. The lowest BCUT2D eigenvalue weighted by Crippen LogP contribution is -2.17. The van der Waals surface area contributed by atoms with Gasteiger partial charge in [-0.15, -0.1) is 5.92 Å². The minimum absolute atomic E-state index is 0.0344. The molecule has 2 aliphatic rings. The topological polar surface area (TPSA) is 46.5 Å². The van der Waals surface area contributed by atoms with Crippen LogP contribution in [0.5, 0.6) is 5.75 Å². The summed E-state index contributed by atoms with van der Waals surface area (Å²) >= 11 is 0. The average Bonchev–Trinajstić information content (AvgIpc) is 3.12. The molecule has 1 N–H and O–H groups in total. The van der Waals surface area contributed by atoms with Crippen molar-refractivity contribution in [1.82, 2.24) is 0 Å². The maximum atomic E-state index is 14.8. The van der Waals surface area contributed by atoms with Crippen molar-refractivity contribution >= 4 is 11.5 Å². The second-order valence-corrected chi connectivity index (χ2v) is 9.33. The number of carbonyl (C=O) groups is 1. The highest BCUT2D eigenvalue weighted by molar-refractivity contribution is 5.72. The van der Waals surface area contributed by atoms with Crippen molar-refractivity contribution in [3.8, 4) is 17.6 Å². The minimum Gasteiger partial charge on any atom is -0.485 e. The van der Waals surface area contributed by atoms with Crippen LogP contribution in [-0.2, 0) is 11.2 Å². The van der Waals surface area contributed by atoms with E-state index in [1.807, 2.05) is 30.3 Å². The zero-order chi connectivity index (χ0) is 22.9. The van der Waals surface area contributed by atoms with Gasteiger partial charge >= 0.3 is 5.97 Å². The molecule has 0 radical (unpaired) electrons. The van der Waals surface area contributed by atoms with E-state index >= 15 is 0 Å². The van der Waals surface area contributed by atoms with Crippen molar-refractivity contribution in [2.24, 2.45) is 5.41 Å². The van der Waals surface area contributed by atoms with Crippen molar-refractivity contribution < 1.29 is 19.0 Å². The van der Waals surface area contributed by atoms with Crippen LogP contribution in [0.25, 0.3) is 5.57 Å². The van der Waals surface area contributed by atoms with Crippen LogP contribution in [0.1, 0.15) is 80.7 Å². The second-order valence-electron chi connectivity index (χ2n) is 9.33. The van der Waals surface area contributed by atoms with E-state index in [1.54, 1.807) is 13.0 Å². The van der Waals surface area contributed by atoms with E-state index in [1.165, 1.54) is 5.57 Å². The van der Waals surface area contributed by atoms with Gasteiger partial charge in [-0.1, -0.05) is 44.0 Å². The normalized spacial score (nSPS) is 19.8. The highest BCUT2D eigenvalue weighted by Crippen LogP contribution is 2.45. The molecule has 0 aromatic heterocycles. The number of aryl methyl sites for hydroxylation is 1. The number of halogens is 1. The van der Waals surface area contributed by atoms with Crippen molar-refractivity contribution in [3.05, 3.63) is 70.5 Å². The van der Waals surface area contributed by atoms with Crippen molar-refractivity contribution in [1.29, 1.82) is 0 Å². The van der Waals surface area contributed by atoms with Crippen LogP contribution in [0.15, 0.2) is 42.5 Å². The maximum Gasteiger partial charge on any atom is 0.304 e. The van der Waals surface area contributed by atoms with Gasteiger partial charge in [0.15, 0.2) is 0 Å². The Balaban J connectivity index is 1.59. The standard InChI is InChI=1S/C28H29FO3/c1-4-6-18(17-27(30)31)19-9-12-25-21(15-19)10-13-26(32-25)22-16-20(8-11-24(22)29)23-7-5-14-28(23,2)3/h7-9,11-12,15-16,18,26H,5,10,13-14,17H2,1-3H3,(H,30,31)/t18-,26?/m0/s1. The smallest absolute Gasteiger partial charge is 0.304 e. The molecule has 4 rings (SSSR count). The molecule has 1 unspecified atom stereocenters. The van der Waals surface area contributed by atoms with Gasteiger partial charge in [-0.25, -0.2) is 4.39 Å². The lowest BCUT2D eigenvalue weighted by Gasteiger charge is -2.29. The molecular weight excluding hydrogens is 403 g/mol. The number of carboxylic acid groups (broad SMARTS) is 1. The van der Waals surface area contributed by atoms with Crippen LogP contribution in [0.3, 0.4) is 0 Å². The Morgan fingerprint density at radius 3 is 2.78 bits per heavy atom. The first-order valence-electron chi connectivity index (χ1n) is 11.2. The van der Waals surface area contributed by atoms with Gasteiger partial charge in [0, 0.05) is 5.56 Å². The molecule has 166 valence electrons. The largest absolute Gasteiger partial charge is 0.485 e. The molecule has 2 aromatic carbocycles. The van der Waals surface area contributed by atoms with Gasteiger partial charge in [-0.3, -0.25) is 4.79 Å². The predicted molar refractivity (Wildman–Crippen MR) is 124 cm³/mol. The highest BCUT2D eigenvalue weighted by Gasteiger charge is 2.30. The number of fused-ring (bicyclic) bond motifs is 1. The summed E-state index contributed by atoms with van der Waals surface area (Å²) in [5.41, 5.74) is 4.94. The van der Waals surface area contributed by atoms with Crippen LogP contribution < -0.4 is 4.74 Å². The third kappa shape index (κ3) is 4.43. The lowest BCUT2D eigenvalue weighted by atomic mass is 9.81. The molecule has 0 bridgehead atoms. The third-order valence-corrected chi connectivity index (χ3v) is 6.63. The van der Waals surface area contributed by atoms with Gasteiger partial charge in [0.1, 0.15) is 17.7 Å². The number of ether oxygens (including phenoxy) is 1. The van der Waals surface area contributed by atoms with Gasteiger partial charge in [0.2, 0.25) is 0 Å². The van der Waals surface area contributed by atoms with Crippen molar-refractivity contribution in [2.45, 2.75) is 64.9 Å². The van der Waals surface area contributed by atoms with Gasteiger partial charge in [0.25, 0.3) is 0 Å². The number of allylic oxidation sites excluding steroid dienone is 2. The molecule has 2 aromatic rings. The lowest BCUT2D eigenvalue weighted by molar-refractivity contribution is -0.137. The van der Waals surface area contributed by atoms with Gasteiger partial charge < -0.3 is 9.84 Å². The molecule has 0 saturated carbocycles. The van der Waals surface area contributed by atoms with E-state index in [-0.39, 0.29) is 29.7 Å². The Morgan fingerprint density at radius 2 is 2.09 bits per heavy atom. The Labute approximate surface area is 189 Å². The molecule has 1 aliphatic heterocycles. The van der Waals surface area contributed by atoms with Crippen LogP contribution >= 0.6 is 0 Å². The van der Waals surface area contributed by atoms with Crippen LogP contribution in [0.4, 0.5) is 4.39 Å². The van der Waals surface area contributed by atoms with E-state index in [0.717, 1.165) is 41.7 Å². The van der Waals surface area contributed by atoms with Crippen LogP contribution in [-0.4, -0.2) is 11.1 Å². The Kier molecular flexibility index (Phi) is 6.11. The first kappa shape index (κ1) is 22.1. The molecule has 1 aliphatic carbocycles. The summed E-state index contributed by atoms with van der Waals surface area (Å²) in [5, 5.41) is 9.20. The van der Waals surface area contributed by atoms with Gasteiger partial charge in [-0.05, 0) is 78.5 Å². The summed E-state index contributed by atoms with van der Waals surface area (Å²) in [6, 6.07) is 11.1. The zero-order valence-corrected chi connectivity index (χ0v) is 18.9. The average molecular weight is 433 g/mol. The molecule has 32 heavy (non-hydrogen) atoms. The van der Waals surface area contributed by atoms with E-state index in [0.29, 0.717) is 12.0 Å². The zero-order valence-electron chi connectivity index (χ0n) is 18.9. The van der Waals surface area contributed by atoms with Gasteiger partial charge in [0.05, 0.1) is 12.3 Å². The minimum atomic E-state index is -0.873. The highest BCUT2D eigenvalue weighted by atomic mass is 19.1. The van der Waals surface area contributed by atoms with Crippen molar-refractivity contribution in [2.75, 3.05) is 0 Å². The first-order valence-corrected chi connectivity index (χ1v) is 11.2. The summed E-state index contributed by atoms with van der Waals surface area (Å²) in [4.78, 5) is 11.2. The number of benzene rings is 2. The fourth-order valence-electron chi connectivity index (χ4n) is 4.90. The number of carboxylic acids is 1. The molecule has 0 amide bonds. The fraction of sp³-hybridized carbons (Fsp3) is 0.393. The third-order valence-electron chi connectivity index (χ3n) is 6.63. The van der Waals surface area contributed by atoms with Crippen LogP contribution in [0.2, 0.25) is 0 Å². The summed E-state index contributed by atoms with van der Waals surface area (Å²) in [6.45, 7) is 6.19. The number of hydrogen-bond acceptors (Lipinski definition) is 2. The molecular formula is C28H29FO3. The number of hydrogen-bond donors (Lipinski definition) is 1. The molecule has 0 saturated heterocycles. The molecule has 1 heterocycles. The Bertz CT molecular complexity index is 1130. The first-order chi connectivity index (χ1) is 15.3. The number of aliphatic carboxylic acids is 1. The predicted octanol–water partition coefficient (Wildman–Crippen LogP) is 6.68. The SMILES string of the molecule is CC#C[C@@H](CC(=O)O)c1ccc2c(c1)CCC(c1cc(C3=CCCC3(C)C)ccc1F)O2. The quantitative estimate of drug-likeness (QED) is 0.536. The van der Waals surface area contributed by atoms with Crippen LogP contribution in [0, 0.1) is 23.1 Å². The van der Waals surface area contributed by atoms with Crippen molar-refractivity contribution in [3.63, 3.8) is 0 Å².